The fourth-order valence-electron chi connectivity index (χ4n) is 3.02. The number of carbonyl (C=O) groups is 2. The number of hydrogen-bond acceptors (Lipinski definition) is 4. The Morgan fingerprint density at radius 2 is 1.52 bits per heavy atom. The molecule has 1 heterocycles. The van der Waals surface area contributed by atoms with Gasteiger partial charge < -0.3 is 20.3 Å². The van der Waals surface area contributed by atoms with Crippen molar-refractivity contribution in [1.82, 2.24) is 0 Å². The first-order valence-corrected chi connectivity index (χ1v) is 9.19. The van der Waals surface area contributed by atoms with Crippen LogP contribution < -0.4 is 15.5 Å². The van der Waals surface area contributed by atoms with Crippen LogP contribution in [0.25, 0.3) is 0 Å². The van der Waals surface area contributed by atoms with E-state index in [2.05, 4.69) is 39.8 Å². The van der Waals surface area contributed by atoms with Crippen LogP contribution in [-0.4, -0.2) is 38.1 Å². The average Bonchev–Trinajstić information content (AvgIpc) is 2.69. The van der Waals surface area contributed by atoms with Crippen LogP contribution in [-0.2, 0) is 20.7 Å². The molecule has 6 heteroatoms. The lowest BCUT2D eigenvalue weighted by molar-refractivity contribution is -0.116. The van der Waals surface area contributed by atoms with Gasteiger partial charge in [0.25, 0.3) is 0 Å². The fraction of sp³-hybridized carbons (Fsp3) is 0.333. The first-order chi connectivity index (χ1) is 13.1. The zero-order valence-electron chi connectivity index (χ0n) is 15.5. The molecule has 1 aliphatic rings. The molecular weight excluding hydrogens is 342 g/mol. The summed E-state index contributed by atoms with van der Waals surface area (Å²) in [5, 5.41) is 5.58. The molecule has 0 aliphatic carbocycles. The predicted octanol–water partition coefficient (Wildman–Crippen LogP) is 3.05. The average molecular weight is 367 g/mol. The zero-order chi connectivity index (χ0) is 19.1. The third-order valence-corrected chi connectivity index (χ3v) is 4.44. The molecule has 0 radical (unpaired) electrons. The summed E-state index contributed by atoms with van der Waals surface area (Å²) < 4.78 is 5.38. The maximum absolute atomic E-state index is 12.2. The number of rotatable bonds is 6. The molecule has 2 amide bonds. The Hall–Kier alpha value is -2.86. The van der Waals surface area contributed by atoms with Crippen LogP contribution in [0.4, 0.5) is 17.1 Å². The van der Waals surface area contributed by atoms with Crippen LogP contribution in [0.15, 0.2) is 48.5 Å². The number of aryl methyl sites for hydroxylation is 1. The molecule has 0 aromatic heterocycles. The Bertz CT molecular complexity index is 766. The molecule has 1 aliphatic heterocycles. The van der Waals surface area contributed by atoms with E-state index in [0.29, 0.717) is 18.5 Å². The minimum absolute atomic E-state index is 0.0282. The molecule has 0 unspecified atom stereocenters. The molecule has 142 valence electrons. The maximum Gasteiger partial charge on any atom is 0.224 e. The smallest absolute Gasteiger partial charge is 0.224 e. The van der Waals surface area contributed by atoms with Crippen LogP contribution in [0.2, 0.25) is 0 Å². The fourth-order valence-corrected chi connectivity index (χ4v) is 3.02. The lowest BCUT2D eigenvalue weighted by Crippen LogP contribution is -2.36. The second kappa shape index (κ2) is 9.19. The van der Waals surface area contributed by atoms with E-state index in [0.717, 1.165) is 37.6 Å². The van der Waals surface area contributed by atoms with Gasteiger partial charge in [-0.2, -0.15) is 0 Å². The molecule has 2 aromatic carbocycles. The molecule has 0 atom stereocenters. The monoisotopic (exact) mass is 367 g/mol. The van der Waals surface area contributed by atoms with Crippen molar-refractivity contribution in [1.29, 1.82) is 0 Å². The number of morpholine rings is 1. The number of anilines is 3. The van der Waals surface area contributed by atoms with Gasteiger partial charge in [-0.3, -0.25) is 9.59 Å². The second-order valence-electron chi connectivity index (χ2n) is 6.57. The Morgan fingerprint density at radius 3 is 2.11 bits per heavy atom. The van der Waals surface area contributed by atoms with Crippen LogP contribution >= 0.6 is 0 Å². The highest BCUT2D eigenvalue weighted by atomic mass is 16.5. The number of amides is 2. The van der Waals surface area contributed by atoms with Gasteiger partial charge >= 0.3 is 0 Å². The maximum atomic E-state index is 12.2. The molecule has 0 bridgehead atoms. The number of nitrogens with zero attached hydrogens (tertiary/aromatic N) is 1. The van der Waals surface area contributed by atoms with Crippen LogP contribution in [0.5, 0.6) is 0 Å². The highest BCUT2D eigenvalue weighted by Crippen LogP contribution is 2.18. The summed E-state index contributed by atoms with van der Waals surface area (Å²) in [7, 11) is 0. The Kier molecular flexibility index (Phi) is 6.44. The summed E-state index contributed by atoms with van der Waals surface area (Å²) in [6.07, 6.45) is 1.11. The first-order valence-electron chi connectivity index (χ1n) is 9.19. The van der Waals surface area contributed by atoms with Crippen LogP contribution in [0.3, 0.4) is 0 Å². The van der Waals surface area contributed by atoms with E-state index in [1.165, 1.54) is 12.6 Å². The van der Waals surface area contributed by atoms with Gasteiger partial charge in [0, 0.05) is 43.5 Å². The Labute approximate surface area is 159 Å². The number of nitrogens with one attached hydrogen (secondary N) is 2. The SMILES string of the molecule is CC(=O)Nc1ccc(NC(=O)CCc2ccc(N3CCOCC3)cc2)cc1. The van der Waals surface area contributed by atoms with E-state index < -0.39 is 0 Å². The van der Waals surface area contributed by atoms with Crippen molar-refractivity contribution in [3.63, 3.8) is 0 Å². The van der Waals surface area contributed by atoms with Crippen molar-refractivity contribution >= 4 is 28.9 Å². The van der Waals surface area contributed by atoms with Gasteiger partial charge in [-0.1, -0.05) is 12.1 Å². The van der Waals surface area contributed by atoms with E-state index in [9.17, 15) is 9.59 Å². The van der Waals surface area contributed by atoms with Gasteiger partial charge in [-0.15, -0.1) is 0 Å². The summed E-state index contributed by atoms with van der Waals surface area (Å²) in [6, 6.07) is 15.5. The molecule has 0 spiro atoms. The van der Waals surface area contributed by atoms with Crippen molar-refractivity contribution in [2.45, 2.75) is 19.8 Å². The van der Waals surface area contributed by atoms with Gasteiger partial charge in [-0.05, 0) is 48.4 Å². The second-order valence-corrected chi connectivity index (χ2v) is 6.57. The van der Waals surface area contributed by atoms with E-state index in [1.807, 2.05) is 0 Å². The molecule has 27 heavy (non-hydrogen) atoms. The van der Waals surface area contributed by atoms with Crippen LogP contribution in [0.1, 0.15) is 18.9 Å². The van der Waals surface area contributed by atoms with E-state index >= 15 is 0 Å². The summed E-state index contributed by atoms with van der Waals surface area (Å²) in [6.45, 7) is 4.84. The molecule has 2 N–H and O–H groups in total. The number of hydrogen-bond donors (Lipinski definition) is 2. The van der Waals surface area contributed by atoms with Crippen molar-refractivity contribution < 1.29 is 14.3 Å². The van der Waals surface area contributed by atoms with Crippen LogP contribution in [0, 0.1) is 0 Å². The summed E-state index contributed by atoms with van der Waals surface area (Å²) in [4.78, 5) is 25.5. The Balaban J connectivity index is 1.46. The van der Waals surface area contributed by atoms with E-state index in [4.69, 9.17) is 4.74 Å². The normalized spacial score (nSPS) is 13.9. The topological polar surface area (TPSA) is 70.7 Å². The van der Waals surface area contributed by atoms with Gasteiger partial charge in [-0.25, -0.2) is 0 Å². The first kappa shape index (κ1) is 18.9. The number of benzene rings is 2. The summed E-state index contributed by atoms with van der Waals surface area (Å²) in [5.41, 5.74) is 3.77. The quantitative estimate of drug-likeness (QED) is 0.823. The van der Waals surface area contributed by atoms with E-state index in [-0.39, 0.29) is 11.8 Å². The van der Waals surface area contributed by atoms with Gasteiger partial charge in [0.2, 0.25) is 11.8 Å². The van der Waals surface area contributed by atoms with Crippen molar-refractivity contribution in [3.8, 4) is 0 Å². The molecule has 1 fully saturated rings. The molecular formula is C21H25N3O3. The zero-order valence-corrected chi connectivity index (χ0v) is 15.5. The van der Waals surface area contributed by atoms with Gasteiger partial charge in [0.05, 0.1) is 13.2 Å². The number of carbonyl (C=O) groups excluding carboxylic acids is 2. The molecule has 2 aromatic rings. The number of ether oxygens (including phenoxy) is 1. The van der Waals surface area contributed by atoms with E-state index in [1.54, 1.807) is 24.3 Å². The third kappa shape index (κ3) is 5.82. The molecule has 0 saturated carbocycles. The van der Waals surface area contributed by atoms with Crippen molar-refractivity contribution in [2.75, 3.05) is 41.8 Å². The van der Waals surface area contributed by atoms with Crippen molar-refractivity contribution in [2.24, 2.45) is 0 Å². The molecule has 1 saturated heterocycles. The lowest BCUT2D eigenvalue weighted by atomic mass is 10.1. The Morgan fingerprint density at radius 1 is 0.926 bits per heavy atom. The lowest BCUT2D eigenvalue weighted by Gasteiger charge is -2.28. The molecule has 3 rings (SSSR count). The minimum atomic E-state index is -0.119. The van der Waals surface area contributed by atoms with Crippen molar-refractivity contribution in [3.05, 3.63) is 54.1 Å². The predicted molar refractivity (Wildman–Crippen MR) is 107 cm³/mol. The van der Waals surface area contributed by atoms with Gasteiger partial charge in [0.15, 0.2) is 0 Å². The standard InChI is InChI=1S/C21H25N3O3/c1-16(25)22-18-5-7-19(8-6-18)23-21(26)11-4-17-2-9-20(10-3-17)24-12-14-27-15-13-24/h2-3,5-10H,4,11-15H2,1H3,(H,22,25)(H,23,26). The molecule has 6 nitrogen and oxygen atoms in total. The third-order valence-electron chi connectivity index (χ3n) is 4.44. The largest absolute Gasteiger partial charge is 0.378 e. The highest BCUT2D eigenvalue weighted by molar-refractivity contribution is 5.92. The minimum Gasteiger partial charge on any atom is -0.378 e. The van der Waals surface area contributed by atoms with Gasteiger partial charge in [0.1, 0.15) is 0 Å². The summed E-state index contributed by atoms with van der Waals surface area (Å²) in [5.74, 6) is -0.147. The highest BCUT2D eigenvalue weighted by Gasteiger charge is 2.11. The summed E-state index contributed by atoms with van der Waals surface area (Å²) >= 11 is 0.